The average Bonchev–Trinajstić information content (AvgIpc) is 3.21. The van der Waals surface area contributed by atoms with Crippen molar-refractivity contribution in [3.05, 3.63) is 52.2 Å². The molecule has 1 aliphatic heterocycles. The number of hydrogen-bond donors (Lipinski definition) is 1. The minimum atomic E-state index is 0.0201. The van der Waals surface area contributed by atoms with Crippen LogP contribution in [0.15, 0.2) is 46.7 Å². The number of likely N-dealkylation sites (tertiary alicyclic amines) is 1. The fourth-order valence-corrected chi connectivity index (χ4v) is 4.48. The molecule has 26 heavy (non-hydrogen) atoms. The Bertz CT molecular complexity index is 721. The van der Waals surface area contributed by atoms with E-state index in [0.717, 1.165) is 23.5 Å². The van der Waals surface area contributed by atoms with Crippen LogP contribution in [0.3, 0.4) is 0 Å². The third-order valence-corrected chi connectivity index (χ3v) is 6.45. The smallest absolute Gasteiger partial charge is 0.263 e. The molecule has 0 bridgehead atoms. The van der Waals surface area contributed by atoms with Gasteiger partial charge in [-0.3, -0.25) is 9.59 Å². The zero-order chi connectivity index (χ0) is 18.4. The summed E-state index contributed by atoms with van der Waals surface area (Å²) in [6.07, 6.45) is 1.49. The maximum Gasteiger partial charge on any atom is 0.263 e. The number of nitrogens with one attached hydrogen (secondary N) is 1. The maximum absolute atomic E-state index is 12.3. The largest absolute Gasteiger partial charge is 0.355 e. The Morgan fingerprint density at radius 3 is 2.58 bits per heavy atom. The summed E-state index contributed by atoms with van der Waals surface area (Å²) in [6, 6.07) is 12.2. The lowest BCUT2D eigenvalue weighted by atomic mass is 9.96. The Kier molecular flexibility index (Phi) is 6.74. The number of piperidine rings is 1. The number of aryl methyl sites for hydroxylation is 1. The SMILES string of the molecule is Cc1ccc(SCCNC(=O)C2CCN(C(=O)c3cccs3)CC2)cc1. The van der Waals surface area contributed by atoms with Crippen LogP contribution in [-0.4, -0.2) is 42.1 Å². The summed E-state index contributed by atoms with van der Waals surface area (Å²) in [6.45, 7) is 4.07. The van der Waals surface area contributed by atoms with Crippen molar-refractivity contribution in [2.24, 2.45) is 5.92 Å². The number of carbonyl (C=O) groups is 2. The van der Waals surface area contributed by atoms with Gasteiger partial charge >= 0.3 is 0 Å². The molecule has 0 aliphatic carbocycles. The fraction of sp³-hybridized carbons (Fsp3) is 0.400. The summed E-state index contributed by atoms with van der Waals surface area (Å²) < 4.78 is 0. The van der Waals surface area contributed by atoms with Gasteiger partial charge < -0.3 is 10.2 Å². The van der Waals surface area contributed by atoms with Crippen LogP contribution in [0.5, 0.6) is 0 Å². The van der Waals surface area contributed by atoms with Crippen LogP contribution in [0.25, 0.3) is 0 Å². The predicted octanol–water partition coefficient (Wildman–Crippen LogP) is 3.82. The van der Waals surface area contributed by atoms with Crippen LogP contribution in [0, 0.1) is 12.8 Å². The minimum Gasteiger partial charge on any atom is -0.355 e. The van der Waals surface area contributed by atoms with E-state index in [1.54, 1.807) is 11.8 Å². The molecule has 0 radical (unpaired) electrons. The number of nitrogens with zero attached hydrogens (tertiary/aromatic N) is 1. The molecule has 2 aromatic rings. The molecule has 2 amide bonds. The molecule has 4 nitrogen and oxygen atoms in total. The van der Waals surface area contributed by atoms with Crippen molar-refractivity contribution in [2.75, 3.05) is 25.4 Å². The van der Waals surface area contributed by atoms with Crippen molar-refractivity contribution in [2.45, 2.75) is 24.7 Å². The lowest BCUT2D eigenvalue weighted by Gasteiger charge is -2.31. The normalized spacial score (nSPS) is 15.0. The molecule has 0 spiro atoms. The van der Waals surface area contributed by atoms with E-state index in [4.69, 9.17) is 0 Å². The van der Waals surface area contributed by atoms with Crippen LogP contribution < -0.4 is 5.32 Å². The standard InChI is InChI=1S/C20H24N2O2S2/c1-15-4-6-17(7-5-15)25-14-10-21-19(23)16-8-11-22(12-9-16)20(24)18-3-2-13-26-18/h2-7,13,16H,8-12,14H2,1H3,(H,21,23). The highest BCUT2D eigenvalue weighted by Crippen LogP contribution is 2.21. The average molecular weight is 389 g/mol. The summed E-state index contributed by atoms with van der Waals surface area (Å²) in [5.41, 5.74) is 1.26. The molecule has 0 unspecified atom stereocenters. The molecule has 138 valence electrons. The minimum absolute atomic E-state index is 0.0201. The Morgan fingerprint density at radius 1 is 1.19 bits per heavy atom. The topological polar surface area (TPSA) is 49.4 Å². The van der Waals surface area contributed by atoms with Crippen LogP contribution in [-0.2, 0) is 4.79 Å². The van der Waals surface area contributed by atoms with Gasteiger partial charge in [0.1, 0.15) is 0 Å². The van der Waals surface area contributed by atoms with Crippen molar-refractivity contribution in [3.63, 3.8) is 0 Å². The van der Waals surface area contributed by atoms with Gasteiger partial charge in [0.15, 0.2) is 0 Å². The highest BCUT2D eigenvalue weighted by molar-refractivity contribution is 7.99. The van der Waals surface area contributed by atoms with Crippen molar-refractivity contribution >= 4 is 34.9 Å². The van der Waals surface area contributed by atoms with Gasteiger partial charge in [-0.2, -0.15) is 0 Å². The Hall–Kier alpha value is -1.79. The number of rotatable bonds is 6. The zero-order valence-corrected chi connectivity index (χ0v) is 16.6. The Labute approximate surface area is 163 Å². The number of benzene rings is 1. The molecular formula is C20H24N2O2S2. The molecule has 1 aromatic heterocycles. The molecule has 1 aromatic carbocycles. The van der Waals surface area contributed by atoms with Gasteiger partial charge in [0.2, 0.25) is 5.91 Å². The third-order valence-electron chi connectivity index (χ3n) is 4.58. The number of carbonyl (C=O) groups excluding carboxylic acids is 2. The van der Waals surface area contributed by atoms with Gasteiger partial charge in [0.25, 0.3) is 5.91 Å². The Morgan fingerprint density at radius 2 is 1.92 bits per heavy atom. The molecule has 1 fully saturated rings. The quantitative estimate of drug-likeness (QED) is 0.605. The highest BCUT2D eigenvalue weighted by Gasteiger charge is 2.27. The Balaban J connectivity index is 1.36. The molecular weight excluding hydrogens is 364 g/mol. The summed E-state index contributed by atoms with van der Waals surface area (Å²) in [5.74, 6) is 1.10. The van der Waals surface area contributed by atoms with Gasteiger partial charge in [-0.1, -0.05) is 23.8 Å². The summed E-state index contributed by atoms with van der Waals surface area (Å²) in [7, 11) is 0. The summed E-state index contributed by atoms with van der Waals surface area (Å²) >= 11 is 3.23. The van der Waals surface area contributed by atoms with Crippen LogP contribution in [0.1, 0.15) is 28.1 Å². The van der Waals surface area contributed by atoms with E-state index in [1.807, 2.05) is 22.4 Å². The van der Waals surface area contributed by atoms with E-state index < -0.39 is 0 Å². The fourth-order valence-electron chi connectivity index (χ4n) is 3.02. The second-order valence-electron chi connectivity index (χ2n) is 6.50. The summed E-state index contributed by atoms with van der Waals surface area (Å²) in [5, 5.41) is 4.96. The van der Waals surface area contributed by atoms with E-state index in [-0.39, 0.29) is 17.7 Å². The van der Waals surface area contributed by atoms with Crippen LogP contribution in [0.4, 0.5) is 0 Å². The molecule has 3 rings (SSSR count). The number of thioether (sulfide) groups is 1. The van der Waals surface area contributed by atoms with Crippen molar-refractivity contribution < 1.29 is 9.59 Å². The molecule has 0 atom stereocenters. The predicted molar refractivity (Wildman–Crippen MR) is 108 cm³/mol. The van der Waals surface area contributed by atoms with Gasteiger partial charge in [-0.05, 0) is 43.3 Å². The van der Waals surface area contributed by atoms with Crippen LogP contribution >= 0.6 is 23.1 Å². The molecule has 1 aliphatic rings. The molecule has 1 N–H and O–H groups in total. The first-order valence-corrected chi connectivity index (χ1v) is 10.8. The summed E-state index contributed by atoms with van der Waals surface area (Å²) in [4.78, 5) is 28.5. The highest BCUT2D eigenvalue weighted by atomic mass is 32.2. The van der Waals surface area contributed by atoms with Gasteiger partial charge in [0.05, 0.1) is 4.88 Å². The number of amides is 2. The lowest BCUT2D eigenvalue weighted by Crippen LogP contribution is -2.43. The van der Waals surface area contributed by atoms with E-state index in [1.165, 1.54) is 21.8 Å². The molecule has 2 heterocycles. The molecule has 1 saturated heterocycles. The molecule has 0 saturated carbocycles. The number of hydrogen-bond acceptors (Lipinski definition) is 4. The lowest BCUT2D eigenvalue weighted by molar-refractivity contribution is -0.126. The number of thiophene rings is 1. The second-order valence-corrected chi connectivity index (χ2v) is 8.61. The van der Waals surface area contributed by atoms with E-state index in [0.29, 0.717) is 19.6 Å². The van der Waals surface area contributed by atoms with Crippen LogP contribution in [0.2, 0.25) is 0 Å². The zero-order valence-electron chi connectivity index (χ0n) is 14.9. The van der Waals surface area contributed by atoms with Gasteiger partial charge in [0, 0.05) is 36.2 Å². The first-order valence-electron chi connectivity index (χ1n) is 8.93. The maximum atomic E-state index is 12.3. The van der Waals surface area contributed by atoms with Crippen molar-refractivity contribution in [1.82, 2.24) is 10.2 Å². The first kappa shape index (κ1) is 19.0. The first-order chi connectivity index (χ1) is 12.6. The van der Waals surface area contributed by atoms with Gasteiger partial charge in [-0.15, -0.1) is 23.1 Å². The van der Waals surface area contributed by atoms with E-state index >= 15 is 0 Å². The van der Waals surface area contributed by atoms with Crippen molar-refractivity contribution in [3.8, 4) is 0 Å². The van der Waals surface area contributed by atoms with E-state index in [2.05, 4.69) is 36.5 Å². The second kappa shape index (κ2) is 9.24. The monoisotopic (exact) mass is 388 g/mol. The molecule has 6 heteroatoms. The van der Waals surface area contributed by atoms with Crippen molar-refractivity contribution in [1.29, 1.82) is 0 Å². The van der Waals surface area contributed by atoms with Gasteiger partial charge in [-0.25, -0.2) is 0 Å². The third kappa shape index (κ3) is 5.11. The van der Waals surface area contributed by atoms with E-state index in [9.17, 15) is 9.59 Å².